The summed E-state index contributed by atoms with van der Waals surface area (Å²) in [6.07, 6.45) is 1.05. The van der Waals surface area contributed by atoms with Crippen molar-refractivity contribution in [3.05, 3.63) is 89.5 Å². The first kappa shape index (κ1) is 17.2. The normalized spacial score (nSPS) is 10.7. The highest BCUT2D eigenvalue weighted by atomic mass is 16.5. The molecule has 0 aromatic heterocycles. The second kappa shape index (κ2) is 8.00. The smallest absolute Gasteiger partial charge is 0.0713 e. The zero-order chi connectivity index (χ0) is 17.6. The van der Waals surface area contributed by atoms with Crippen LogP contribution in [0.5, 0.6) is 0 Å². The Kier molecular flexibility index (Phi) is 5.52. The number of aryl methyl sites for hydroxylation is 2. The molecule has 0 aliphatic carbocycles. The third-order valence-electron chi connectivity index (χ3n) is 4.40. The summed E-state index contributed by atoms with van der Waals surface area (Å²) in [5.74, 6) is 0. The van der Waals surface area contributed by atoms with Gasteiger partial charge in [0.1, 0.15) is 0 Å². The number of methoxy groups -OCH3 is 1. The van der Waals surface area contributed by atoms with Gasteiger partial charge in [0.05, 0.1) is 6.61 Å². The zero-order valence-electron chi connectivity index (χ0n) is 15.2. The third-order valence-corrected chi connectivity index (χ3v) is 4.40. The van der Waals surface area contributed by atoms with E-state index in [1.165, 1.54) is 22.4 Å². The van der Waals surface area contributed by atoms with E-state index in [1.807, 2.05) is 0 Å². The van der Waals surface area contributed by atoms with Crippen molar-refractivity contribution in [3.63, 3.8) is 0 Å². The van der Waals surface area contributed by atoms with E-state index in [2.05, 4.69) is 91.5 Å². The van der Waals surface area contributed by atoms with Gasteiger partial charge in [-0.3, -0.25) is 0 Å². The maximum Gasteiger partial charge on any atom is 0.0713 e. The van der Waals surface area contributed by atoms with Crippen LogP contribution in [0.1, 0.15) is 23.6 Å². The van der Waals surface area contributed by atoms with Gasteiger partial charge in [-0.25, -0.2) is 0 Å². The number of anilines is 3. The Labute approximate surface area is 150 Å². The van der Waals surface area contributed by atoms with Crippen LogP contribution < -0.4 is 4.90 Å². The Balaban J connectivity index is 2.02. The van der Waals surface area contributed by atoms with Crippen LogP contribution in [0.2, 0.25) is 0 Å². The molecule has 0 saturated heterocycles. The fourth-order valence-corrected chi connectivity index (χ4v) is 2.93. The first-order chi connectivity index (χ1) is 12.2. The van der Waals surface area contributed by atoms with Crippen molar-refractivity contribution in [3.8, 4) is 0 Å². The summed E-state index contributed by atoms with van der Waals surface area (Å²) in [5, 5.41) is 0. The quantitative estimate of drug-likeness (QED) is 0.535. The number of ether oxygens (including phenoxy) is 1. The predicted molar refractivity (Wildman–Crippen MR) is 106 cm³/mol. The summed E-state index contributed by atoms with van der Waals surface area (Å²) in [6.45, 7) is 4.93. The van der Waals surface area contributed by atoms with E-state index in [0.717, 1.165) is 17.8 Å². The van der Waals surface area contributed by atoms with Crippen LogP contribution >= 0.6 is 0 Å². The maximum atomic E-state index is 5.22. The monoisotopic (exact) mass is 331 g/mol. The standard InChI is InChI=1S/C23H25NO/c1-4-19-7-13-22(14-8-19)24(21-11-5-18(2)6-12-21)23-15-9-20(10-16-23)17-25-3/h5-16H,4,17H2,1-3H3. The van der Waals surface area contributed by atoms with Gasteiger partial charge in [-0.2, -0.15) is 0 Å². The molecular formula is C23H25NO. The molecule has 25 heavy (non-hydrogen) atoms. The van der Waals surface area contributed by atoms with Gasteiger partial charge in [0.15, 0.2) is 0 Å². The largest absolute Gasteiger partial charge is 0.380 e. The number of hydrogen-bond acceptors (Lipinski definition) is 2. The minimum absolute atomic E-state index is 0.635. The number of benzene rings is 3. The second-order valence-electron chi connectivity index (χ2n) is 6.29. The van der Waals surface area contributed by atoms with E-state index >= 15 is 0 Å². The van der Waals surface area contributed by atoms with Crippen LogP contribution in [-0.4, -0.2) is 7.11 Å². The van der Waals surface area contributed by atoms with Crippen molar-refractivity contribution in [2.24, 2.45) is 0 Å². The van der Waals surface area contributed by atoms with E-state index in [4.69, 9.17) is 4.74 Å². The molecular weight excluding hydrogens is 306 g/mol. The molecule has 3 aromatic rings. The Hall–Kier alpha value is -2.58. The highest BCUT2D eigenvalue weighted by Crippen LogP contribution is 2.34. The Bertz CT molecular complexity index is 789. The van der Waals surface area contributed by atoms with Crippen LogP contribution in [-0.2, 0) is 17.8 Å². The first-order valence-electron chi connectivity index (χ1n) is 8.75. The lowest BCUT2D eigenvalue weighted by atomic mass is 10.1. The fraction of sp³-hybridized carbons (Fsp3) is 0.217. The minimum Gasteiger partial charge on any atom is -0.380 e. The van der Waals surface area contributed by atoms with Crippen molar-refractivity contribution >= 4 is 17.1 Å². The molecule has 2 heteroatoms. The number of nitrogens with zero attached hydrogens (tertiary/aromatic N) is 1. The van der Waals surface area contributed by atoms with Crippen LogP contribution in [0.25, 0.3) is 0 Å². The summed E-state index contributed by atoms with van der Waals surface area (Å²) in [7, 11) is 1.72. The summed E-state index contributed by atoms with van der Waals surface area (Å²) in [4.78, 5) is 2.29. The minimum atomic E-state index is 0.635. The van der Waals surface area contributed by atoms with E-state index in [9.17, 15) is 0 Å². The lowest BCUT2D eigenvalue weighted by molar-refractivity contribution is 0.185. The molecule has 128 valence electrons. The molecule has 0 spiro atoms. The molecule has 0 aliphatic heterocycles. The van der Waals surface area contributed by atoms with Gasteiger partial charge < -0.3 is 9.64 Å². The van der Waals surface area contributed by atoms with Crippen molar-refractivity contribution in [1.82, 2.24) is 0 Å². The summed E-state index contributed by atoms with van der Waals surface area (Å²) in [6, 6.07) is 26.0. The Morgan fingerprint density at radius 1 is 0.680 bits per heavy atom. The van der Waals surface area contributed by atoms with Crippen LogP contribution in [0.3, 0.4) is 0 Å². The van der Waals surface area contributed by atoms with E-state index < -0.39 is 0 Å². The van der Waals surface area contributed by atoms with E-state index in [-0.39, 0.29) is 0 Å². The highest BCUT2D eigenvalue weighted by Gasteiger charge is 2.12. The van der Waals surface area contributed by atoms with E-state index in [0.29, 0.717) is 6.61 Å². The molecule has 0 aliphatic rings. The molecule has 0 atom stereocenters. The van der Waals surface area contributed by atoms with Crippen molar-refractivity contribution in [2.75, 3.05) is 12.0 Å². The molecule has 0 saturated carbocycles. The fourth-order valence-electron chi connectivity index (χ4n) is 2.93. The van der Waals surface area contributed by atoms with Crippen LogP contribution in [0, 0.1) is 6.92 Å². The topological polar surface area (TPSA) is 12.5 Å². The van der Waals surface area contributed by atoms with Crippen molar-refractivity contribution < 1.29 is 4.74 Å². The van der Waals surface area contributed by atoms with Crippen LogP contribution in [0.15, 0.2) is 72.8 Å². The highest BCUT2D eigenvalue weighted by molar-refractivity contribution is 5.76. The Morgan fingerprint density at radius 2 is 1.12 bits per heavy atom. The molecule has 0 bridgehead atoms. The van der Waals surface area contributed by atoms with Gasteiger partial charge in [-0.1, -0.05) is 48.9 Å². The predicted octanol–water partition coefficient (Wildman–Crippen LogP) is 6.17. The first-order valence-corrected chi connectivity index (χ1v) is 8.75. The summed E-state index contributed by atoms with van der Waals surface area (Å²) < 4.78 is 5.22. The second-order valence-corrected chi connectivity index (χ2v) is 6.29. The molecule has 3 aromatic carbocycles. The average molecular weight is 331 g/mol. The lowest BCUT2D eigenvalue weighted by Gasteiger charge is -2.26. The molecule has 0 fully saturated rings. The lowest BCUT2D eigenvalue weighted by Crippen LogP contribution is -2.10. The third kappa shape index (κ3) is 4.09. The van der Waals surface area contributed by atoms with Crippen molar-refractivity contribution in [2.45, 2.75) is 26.9 Å². The molecule has 2 nitrogen and oxygen atoms in total. The number of hydrogen-bond donors (Lipinski definition) is 0. The zero-order valence-corrected chi connectivity index (χ0v) is 15.2. The average Bonchev–Trinajstić information content (AvgIpc) is 2.66. The van der Waals surface area contributed by atoms with Gasteiger partial charge >= 0.3 is 0 Å². The summed E-state index contributed by atoms with van der Waals surface area (Å²) in [5.41, 5.74) is 7.27. The van der Waals surface area contributed by atoms with Gasteiger partial charge in [0, 0.05) is 24.2 Å². The maximum absolute atomic E-state index is 5.22. The molecule has 0 amide bonds. The van der Waals surface area contributed by atoms with Gasteiger partial charge in [-0.15, -0.1) is 0 Å². The van der Waals surface area contributed by atoms with Gasteiger partial charge in [-0.05, 0) is 60.9 Å². The SMILES string of the molecule is CCc1ccc(N(c2ccc(C)cc2)c2ccc(COC)cc2)cc1. The molecule has 0 radical (unpaired) electrons. The Morgan fingerprint density at radius 3 is 1.56 bits per heavy atom. The van der Waals surface area contributed by atoms with Crippen LogP contribution in [0.4, 0.5) is 17.1 Å². The molecule has 0 unspecified atom stereocenters. The van der Waals surface area contributed by atoms with Gasteiger partial charge in [0.25, 0.3) is 0 Å². The molecule has 0 heterocycles. The molecule has 3 rings (SSSR count). The number of rotatable bonds is 6. The van der Waals surface area contributed by atoms with E-state index in [1.54, 1.807) is 7.11 Å². The van der Waals surface area contributed by atoms with Gasteiger partial charge in [0.2, 0.25) is 0 Å². The molecule has 0 N–H and O–H groups in total. The van der Waals surface area contributed by atoms with Crippen molar-refractivity contribution in [1.29, 1.82) is 0 Å². The summed E-state index contributed by atoms with van der Waals surface area (Å²) >= 11 is 0.